The second-order valence-electron chi connectivity index (χ2n) is 7.11. The highest BCUT2D eigenvalue weighted by atomic mass is 16.5. The highest BCUT2D eigenvalue weighted by Crippen LogP contribution is 2.47. The van der Waals surface area contributed by atoms with Gasteiger partial charge in [0.25, 0.3) is 0 Å². The van der Waals surface area contributed by atoms with Crippen molar-refractivity contribution in [3.05, 3.63) is 23.9 Å². The quantitative estimate of drug-likeness (QED) is 0.778. The molecule has 2 fully saturated rings. The molecule has 1 N–H and O–H groups in total. The van der Waals surface area contributed by atoms with Crippen LogP contribution in [-0.2, 0) is 9.53 Å². The first kappa shape index (κ1) is 17.2. The summed E-state index contributed by atoms with van der Waals surface area (Å²) in [6, 6.07) is 4.03. The largest absolute Gasteiger partial charge is 0.477 e. The number of rotatable bonds is 7. The van der Waals surface area contributed by atoms with Gasteiger partial charge in [-0.1, -0.05) is 6.92 Å². The fourth-order valence-electron chi connectivity index (χ4n) is 3.72. The summed E-state index contributed by atoms with van der Waals surface area (Å²) in [5, 5.41) is 3.37. The fourth-order valence-corrected chi connectivity index (χ4v) is 3.72. The summed E-state index contributed by atoms with van der Waals surface area (Å²) in [7, 11) is 1.46. The zero-order chi connectivity index (χ0) is 16.9. The Balaban J connectivity index is 1.67. The number of hydrogen-bond donors (Lipinski definition) is 1. The van der Waals surface area contributed by atoms with E-state index < -0.39 is 0 Å². The third-order valence-corrected chi connectivity index (χ3v) is 5.31. The Kier molecular flexibility index (Phi) is 5.72. The van der Waals surface area contributed by atoms with Crippen LogP contribution in [0, 0.1) is 17.8 Å². The molecule has 0 unspecified atom stereocenters. The van der Waals surface area contributed by atoms with E-state index in [0.717, 1.165) is 38.1 Å². The molecule has 1 aromatic heterocycles. The Bertz CT molecular complexity index is 553. The lowest BCUT2D eigenvalue weighted by Gasteiger charge is -2.24. The van der Waals surface area contributed by atoms with Gasteiger partial charge in [-0.25, -0.2) is 4.98 Å². The summed E-state index contributed by atoms with van der Waals surface area (Å²) in [6.07, 6.45) is 6.47. The molecular formula is C19H28N2O3. The Morgan fingerprint density at radius 3 is 2.75 bits per heavy atom. The third kappa shape index (κ3) is 4.26. The topological polar surface area (TPSA) is 60.5 Å². The molecule has 1 saturated carbocycles. The molecule has 1 saturated heterocycles. The number of nitrogens with one attached hydrogen (secondary N) is 1. The average Bonchev–Trinajstić information content (AvgIpc) is 3.45. The molecule has 5 nitrogen and oxygen atoms in total. The molecule has 1 aliphatic heterocycles. The lowest BCUT2D eigenvalue weighted by Crippen LogP contribution is -2.30. The minimum absolute atomic E-state index is 0.137. The van der Waals surface area contributed by atoms with Crippen molar-refractivity contribution < 1.29 is 14.3 Å². The lowest BCUT2D eigenvalue weighted by molar-refractivity contribution is -0.145. The molecule has 1 aromatic rings. The second-order valence-corrected chi connectivity index (χ2v) is 7.11. The monoisotopic (exact) mass is 332 g/mol. The van der Waals surface area contributed by atoms with Gasteiger partial charge in [-0.3, -0.25) is 4.79 Å². The van der Waals surface area contributed by atoms with Gasteiger partial charge in [0.2, 0.25) is 5.88 Å². The van der Waals surface area contributed by atoms with Crippen LogP contribution in [0.3, 0.4) is 0 Å². The van der Waals surface area contributed by atoms with Crippen molar-refractivity contribution in [2.45, 2.75) is 38.5 Å². The summed E-state index contributed by atoms with van der Waals surface area (Å²) < 4.78 is 10.9. The molecule has 5 heteroatoms. The van der Waals surface area contributed by atoms with E-state index in [-0.39, 0.29) is 17.8 Å². The van der Waals surface area contributed by atoms with Gasteiger partial charge in [0.1, 0.15) is 0 Å². The van der Waals surface area contributed by atoms with E-state index in [1.165, 1.54) is 20.0 Å². The Labute approximate surface area is 144 Å². The van der Waals surface area contributed by atoms with Crippen molar-refractivity contribution in [1.82, 2.24) is 10.3 Å². The van der Waals surface area contributed by atoms with Crippen LogP contribution in [-0.4, -0.2) is 37.8 Å². The maximum atomic E-state index is 12.0. The van der Waals surface area contributed by atoms with Gasteiger partial charge in [-0.05, 0) is 68.2 Å². The maximum Gasteiger partial charge on any atom is 0.309 e. The van der Waals surface area contributed by atoms with Crippen molar-refractivity contribution >= 4 is 5.97 Å². The van der Waals surface area contributed by atoms with Crippen molar-refractivity contribution in [3.63, 3.8) is 0 Å². The molecule has 0 radical (unpaired) electrons. The van der Waals surface area contributed by atoms with E-state index in [4.69, 9.17) is 9.47 Å². The van der Waals surface area contributed by atoms with E-state index >= 15 is 0 Å². The SMILES string of the molecule is COC(=O)[C@@H](C)[C@H](c1ccnc(OCC2CCNCC2)c1)C1CC1. The number of ether oxygens (including phenoxy) is 2. The van der Waals surface area contributed by atoms with E-state index in [1.54, 1.807) is 6.20 Å². The Morgan fingerprint density at radius 1 is 1.33 bits per heavy atom. The Morgan fingerprint density at radius 2 is 2.08 bits per heavy atom. The van der Waals surface area contributed by atoms with Crippen LogP contribution in [0.1, 0.15) is 44.1 Å². The number of methoxy groups -OCH3 is 1. The summed E-state index contributed by atoms with van der Waals surface area (Å²) in [5.74, 6) is 1.77. The summed E-state index contributed by atoms with van der Waals surface area (Å²) >= 11 is 0. The number of carbonyl (C=O) groups is 1. The standard InChI is InChI=1S/C19H28N2O3/c1-13(19(22)23-2)18(15-3-4-15)16-7-10-21-17(11-16)24-12-14-5-8-20-9-6-14/h7,10-11,13-15,18,20H,3-6,8-9,12H2,1-2H3/t13-,18-/m0/s1. The predicted molar refractivity (Wildman–Crippen MR) is 92.0 cm³/mol. The van der Waals surface area contributed by atoms with Crippen molar-refractivity contribution in [1.29, 1.82) is 0 Å². The van der Waals surface area contributed by atoms with Crippen molar-refractivity contribution in [2.24, 2.45) is 17.8 Å². The van der Waals surface area contributed by atoms with Crippen LogP contribution in [0.5, 0.6) is 5.88 Å². The van der Waals surface area contributed by atoms with Crippen LogP contribution < -0.4 is 10.1 Å². The molecule has 0 spiro atoms. The van der Waals surface area contributed by atoms with Crippen molar-refractivity contribution in [2.75, 3.05) is 26.8 Å². The van der Waals surface area contributed by atoms with Gasteiger partial charge in [0.05, 0.1) is 19.6 Å². The van der Waals surface area contributed by atoms with Gasteiger partial charge in [0, 0.05) is 12.3 Å². The van der Waals surface area contributed by atoms with Gasteiger partial charge in [-0.15, -0.1) is 0 Å². The molecule has 2 heterocycles. The second kappa shape index (κ2) is 7.97. The summed E-state index contributed by atoms with van der Waals surface area (Å²) in [4.78, 5) is 16.4. The zero-order valence-corrected chi connectivity index (χ0v) is 14.7. The lowest BCUT2D eigenvalue weighted by atomic mass is 9.83. The van der Waals surface area contributed by atoms with Gasteiger partial charge in [-0.2, -0.15) is 0 Å². The minimum atomic E-state index is -0.138. The predicted octanol–water partition coefficient (Wildman–Crippen LogP) is 2.76. The molecule has 0 aromatic carbocycles. The first-order valence-electron chi connectivity index (χ1n) is 9.06. The van der Waals surface area contributed by atoms with E-state index in [1.807, 2.05) is 19.1 Å². The molecule has 0 bridgehead atoms. The number of aromatic nitrogens is 1. The molecule has 0 amide bonds. The Hall–Kier alpha value is -1.62. The molecule has 24 heavy (non-hydrogen) atoms. The minimum Gasteiger partial charge on any atom is -0.477 e. The third-order valence-electron chi connectivity index (χ3n) is 5.31. The normalized spacial score (nSPS) is 21.1. The highest BCUT2D eigenvalue weighted by molar-refractivity contribution is 5.73. The van der Waals surface area contributed by atoms with Gasteiger partial charge >= 0.3 is 5.97 Å². The number of pyridine rings is 1. The fraction of sp³-hybridized carbons (Fsp3) is 0.684. The molecule has 2 atom stereocenters. The first-order chi connectivity index (χ1) is 11.7. The van der Waals surface area contributed by atoms with E-state index in [9.17, 15) is 4.79 Å². The smallest absolute Gasteiger partial charge is 0.309 e. The average molecular weight is 332 g/mol. The molecule has 2 aliphatic rings. The van der Waals surface area contributed by atoms with Crippen LogP contribution >= 0.6 is 0 Å². The molecular weight excluding hydrogens is 304 g/mol. The molecule has 3 rings (SSSR count). The number of carbonyl (C=O) groups excluding carboxylic acids is 1. The number of piperidine rings is 1. The molecule has 1 aliphatic carbocycles. The maximum absolute atomic E-state index is 12.0. The van der Waals surface area contributed by atoms with E-state index in [0.29, 0.717) is 17.7 Å². The summed E-state index contributed by atoms with van der Waals surface area (Å²) in [6.45, 7) is 4.83. The van der Waals surface area contributed by atoms with Crippen LogP contribution in [0.25, 0.3) is 0 Å². The van der Waals surface area contributed by atoms with Gasteiger partial charge in [0.15, 0.2) is 0 Å². The number of hydrogen-bond acceptors (Lipinski definition) is 5. The highest BCUT2D eigenvalue weighted by Gasteiger charge is 2.39. The van der Waals surface area contributed by atoms with Gasteiger partial charge < -0.3 is 14.8 Å². The van der Waals surface area contributed by atoms with Crippen LogP contribution in [0.2, 0.25) is 0 Å². The zero-order valence-electron chi connectivity index (χ0n) is 14.7. The summed E-state index contributed by atoms with van der Waals surface area (Å²) in [5.41, 5.74) is 1.14. The first-order valence-corrected chi connectivity index (χ1v) is 9.06. The number of esters is 1. The van der Waals surface area contributed by atoms with E-state index in [2.05, 4.69) is 10.3 Å². The van der Waals surface area contributed by atoms with Crippen molar-refractivity contribution in [3.8, 4) is 5.88 Å². The number of nitrogens with zero attached hydrogens (tertiary/aromatic N) is 1. The van der Waals surface area contributed by atoms with Crippen LogP contribution in [0.15, 0.2) is 18.3 Å². The van der Waals surface area contributed by atoms with Crippen LogP contribution in [0.4, 0.5) is 0 Å². The molecule has 132 valence electrons.